The minimum atomic E-state index is -0.766. The quantitative estimate of drug-likeness (QED) is 0.574. The van der Waals surface area contributed by atoms with Crippen LogP contribution in [0.2, 0.25) is 0 Å². The summed E-state index contributed by atoms with van der Waals surface area (Å²) in [7, 11) is 0. The summed E-state index contributed by atoms with van der Waals surface area (Å²) in [5, 5.41) is 18.6. The van der Waals surface area contributed by atoms with Crippen molar-refractivity contribution in [1.82, 2.24) is 0 Å². The highest BCUT2D eigenvalue weighted by Gasteiger charge is 2.34. The highest BCUT2D eigenvalue weighted by atomic mass is 16.3. The Bertz CT molecular complexity index is 114. The van der Waals surface area contributed by atoms with E-state index in [0.717, 1.165) is 19.3 Å². The molecule has 0 aromatic carbocycles. The van der Waals surface area contributed by atoms with E-state index in [-0.39, 0.29) is 12.5 Å². The first-order valence-electron chi connectivity index (χ1n) is 4.02. The lowest BCUT2D eigenvalue weighted by atomic mass is 9.77. The van der Waals surface area contributed by atoms with Crippen molar-refractivity contribution in [3.05, 3.63) is 0 Å². The van der Waals surface area contributed by atoms with Crippen LogP contribution < -0.4 is 0 Å². The predicted molar refractivity (Wildman–Crippen MR) is 39.7 cm³/mol. The number of hydrogen-bond acceptors (Lipinski definition) is 2. The summed E-state index contributed by atoms with van der Waals surface area (Å²) in [6, 6.07) is 0. The zero-order valence-corrected chi connectivity index (χ0v) is 6.51. The third-order valence-corrected chi connectivity index (χ3v) is 2.69. The molecule has 0 amide bonds. The molecule has 0 heterocycles. The minimum absolute atomic E-state index is 0.0752. The summed E-state index contributed by atoms with van der Waals surface area (Å²) < 4.78 is 0. The molecule has 2 heteroatoms. The van der Waals surface area contributed by atoms with Gasteiger partial charge in [0.15, 0.2) is 0 Å². The fourth-order valence-electron chi connectivity index (χ4n) is 1.63. The van der Waals surface area contributed by atoms with Crippen molar-refractivity contribution in [2.75, 3.05) is 6.61 Å². The van der Waals surface area contributed by atoms with Gasteiger partial charge in [0.1, 0.15) is 0 Å². The zero-order valence-electron chi connectivity index (χ0n) is 6.51. The topological polar surface area (TPSA) is 40.5 Å². The Labute approximate surface area is 61.9 Å². The second kappa shape index (κ2) is 2.89. The van der Waals surface area contributed by atoms with E-state index in [2.05, 4.69) is 0 Å². The van der Waals surface area contributed by atoms with Gasteiger partial charge < -0.3 is 10.2 Å². The molecule has 0 aromatic heterocycles. The smallest absolute Gasteiger partial charge is 0.0902 e. The van der Waals surface area contributed by atoms with Crippen molar-refractivity contribution >= 4 is 0 Å². The van der Waals surface area contributed by atoms with E-state index in [1.54, 1.807) is 0 Å². The molecular weight excluding hydrogens is 128 g/mol. The Morgan fingerprint density at radius 3 is 2.60 bits per heavy atom. The predicted octanol–water partition coefficient (Wildman–Crippen LogP) is 0.920. The van der Waals surface area contributed by atoms with E-state index in [4.69, 9.17) is 5.11 Å². The number of hydrogen-bond donors (Lipinski definition) is 2. The molecule has 2 N–H and O–H groups in total. The molecule has 0 aliphatic heterocycles. The number of aliphatic hydroxyl groups excluding tert-OH is 1. The van der Waals surface area contributed by atoms with E-state index in [0.29, 0.717) is 0 Å². The Morgan fingerprint density at radius 1 is 1.50 bits per heavy atom. The molecule has 0 unspecified atom stereocenters. The summed E-state index contributed by atoms with van der Waals surface area (Å²) >= 11 is 0. The van der Waals surface area contributed by atoms with Gasteiger partial charge in [-0.1, -0.05) is 19.8 Å². The average molecular weight is 144 g/mol. The van der Waals surface area contributed by atoms with E-state index in [1.165, 1.54) is 6.42 Å². The van der Waals surface area contributed by atoms with Gasteiger partial charge in [-0.3, -0.25) is 0 Å². The van der Waals surface area contributed by atoms with Crippen molar-refractivity contribution < 1.29 is 10.2 Å². The summed E-state index contributed by atoms with van der Waals surface area (Å²) in [5.41, 5.74) is -0.766. The number of aliphatic hydroxyl groups is 2. The third-order valence-electron chi connectivity index (χ3n) is 2.69. The third kappa shape index (κ3) is 1.32. The Hall–Kier alpha value is -0.0800. The lowest BCUT2D eigenvalue weighted by Crippen LogP contribution is -2.42. The molecule has 1 rings (SSSR count). The molecule has 0 saturated heterocycles. The molecule has 1 fully saturated rings. The average Bonchev–Trinajstić information content (AvgIpc) is 1.96. The summed E-state index contributed by atoms with van der Waals surface area (Å²) in [4.78, 5) is 0. The van der Waals surface area contributed by atoms with Gasteiger partial charge in [0.25, 0.3) is 0 Å². The standard InChI is InChI=1S/C8H16O2/c1-7-4-2-3-5-8(7,10)6-9/h7,9-10H,2-6H2,1H3/t7-,8-/m0/s1. The molecule has 1 saturated carbocycles. The van der Waals surface area contributed by atoms with Gasteiger partial charge in [-0.25, -0.2) is 0 Å². The lowest BCUT2D eigenvalue weighted by Gasteiger charge is -2.36. The first-order chi connectivity index (χ1) is 4.69. The Balaban J connectivity index is 2.54. The molecule has 0 radical (unpaired) electrons. The van der Waals surface area contributed by atoms with Crippen molar-refractivity contribution in [2.45, 2.75) is 38.2 Å². The van der Waals surface area contributed by atoms with Crippen LogP contribution in [0.3, 0.4) is 0 Å². The van der Waals surface area contributed by atoms with Crippen molar-refractivity contribution in [3.8, 4) is 0 Å². The van der Waals surface area contributed by atoms with Gasteiger partial charge in [-0.2, -0.15) is 0 Å². The van der Waals surface area contributed by atoms with Crippen LogP contribution in [-0.4, -0.2) is 22.4 Å². The van der Waals surface area contributed by atoms with Gasteiger partial charge in [0, 0.05) is 0 Å². The SMILES string of the molecule is C[C@H]1CCCC[C@]1(O)CO. The second-order valence-corrected chi connectivity index (χ2v) is 3.41. The lowest BCUT2D eigenvalue weighted by molar-refractivity contribution is -0.0793. The fourth-order valence-corrected chi connectivity index (χ4v) is 1.63. The van der Waals surface area contributed by atoms with Gasteiger partial charge >= 0.3 is 0 Å². The van der Waals surface area contributed by atoms with Gasteiger partial charge in [-0.05, 0) is 18.8 Å². The van der Waals surface area contributed by atoms with Crippen LogP contribution in [0.4, 0.5) is 0 Å². The van der Waals surface area contributed by atoms with Crippen molar-refractivity contribution in [1.29, 1.82) is 0 Å². The van der Waals surface area contributed by atoms with E-state index < -0.39 is 5.60 Å². The van der Waals surface area contributed by atoms with Crippen LogP contribution in [0.5, 0.6) is 0 Å². The zero-order chi connectivity index (χ0) is 7.61. The molecule has 10 heavy (non-hydrogen) atoms. The first-order valence-corrected chi connectivity index (χ1v) is 4.02. The van der Waals surface area contributed by atoms with Crippen LogP contribution in [0, 0.1) is 5.92 Å². The summed E-state index contributed by atoms with van der Waals surface area (Å²) in [5.74, 6) is 0.270. The van der Waals surface area contributed by atoms with E-state index >= 15 is 0 Å². The van der Waals surface area contributed by atoms with Crippen LogP contribution >= 0.6 is 0 Å². The Morgan fingerprint density at radius 2 is 2.20 bits per heavy atom. The van der Waals surface area contributed by atoms with Crippen LogP contribution in [0.1, 0.15) is 32.6 Å². The molecule has 2 atom stereocenters. The van der Waals surface area contributed by atoms with Gasteiger partial charge in [0.2, 0.25) is 0 Å². The van der Waals surface area contributed by atoms with Crippen molar-refractivity contribution in [2.24, 2.45) is 5.92 Å². The molecule has 1 aliphatic carbocycles. The Kier molecular flexibility index (Phi) is 2.32. The first kappa shape index (κ1) is 8.02. The maximum atomic E-state index is 9.70. The highest BCUT2D eigenvalue weighted by Crippen LogP contribution is 2.32. The normalized spacial score (nSPS) is 41.7. The largest absolute Gasteiger partial charge is 0.393 e. The van der Waals surface area contributed by atoms with Crippen LogP contribution in [-0.2, 0) is 0 Å². The monoisotopic (exact) mass is 144 g/mol. The van der Waals surface area contributed by atoms with Crippen LogP contribution in [0.25, 0.3) is 0 Å². The minimum Gasteiger partial charge on any atom is -0.393 e. The molecule has 0 spiro atoms. The van der Waals surface area contributed by atoms with E-state index in [1.807, 2.05) is 6.92 Å². The molecule has 60 valence electrons. The summed E-state index contributed by atoms with van der Waals surface area (Å²) in [6.07, 6.45) is 4.08. The molecular formula is C8H16O2. The highest BCUT2D eigenvalue weighted by molar-refractivity contribution is 4.86. The van der Waals surface area contributed by atoms with Crippen molar-refractivity contribution in [3.63, 3.8) is 0 Å². The molecule has 0 bridgehead atoms. The maximum Gasteiger partial charge on any atom is 0.0902 e. The second-order valence-electron chi connectivity index (χ2n) is 3.41. The fraction of sp³-hybridized carbons (Fsp3) is 1.00. The van der Waals surface area contributed by atoms with Gasteiger partial charge in [-0.15, -0.1) is 0 Å². The van der Waals surface area contributed by atoms with Crippen LogP contribution in [0.15, 0.2) is 0 Å². The van der Waals surface area contributed by atoms with E-state index in [9.17, 15) is 5.11 Å². The molecule has 2 nitrogen and oxygen atoms in total. The van der Waals surface area contributed by atoms with Gasteiger partial charge in [0.05, 0.1) is 12.2 Å². The maximum absolute atomic E-state index is 9.70. The molecule has 0 aromatic rings. The summed E-state index contributed by atoms with van der Waals surface area (Å²) in [6.45, 7) is 1.93. The number of rotatable bonds is 1. The molecule has 1 aliphatic rings.